The first-order valence-corrected chi connectivity index (χ1v) is 10.2. The monoisotopic (exact) mass is 422 g/mol. The van der Waals surface area contributed by atoms with Crippen molar-refractivity contribution >= 4 is 23.2 Å². The standard InChI is InChI=1S/C22H23ClN6O/c1-13(2)20(21-26-25-18-7-5-6-12-28(18)21)24-22(30)16-8-10-17(11-9-16)29-15(4)19(23)14(3)27-29/h5-13,20H,1-4H3,(H,24,30)/t20-/m0/s1. The van der Waals surface area contributed by atoms with Crippen LogP contribution < -0.4 is 5.32 Å². The minimum absolute atomic E-state index is 0.137. The first kappa shape index (κ1) is 20.1. The average Bonchev–Trinajstić information content (AvgIpc) is 3.28. The summed E-state index contributed by atoms with van der Waals surface area (Å²) in [4.78, 5) is 13.0. The molecule has 1 amide bonds. The van der Waals surface area contributed by atoms with E-state index in [1.165, 1.54) is 0 Å². The van der Waals surface area contributed by atoms with Crippen molar-refractivity contribution in [1.82, 2.24) is 29.7 Å². The van der Waals surface area contributed by atoms with E-state index >= 15 is 0 Å². The Morgan fingerprint density at radius 3 is 2.43 bits per heavy atom. The van der Waals surface area contributed by atoms with Crippen molar-refractivity contribution < 1.29 is 4.79 Å². The van der Waals surface area contributed by atoms with Crippen LogP contribution in [0.2, 0.25) is 5.02 Å². The normalized spacial score (nSPS) is 12.5. The zero-order valence-corrected chi connectivity index (χ0v) is 18.1. The van der Waals surface area contributed by atoms with Crippen LogP contribution in [-0.2, 0) is 0 Å². The van der Waals surface area contributed by atoms with Crippen LogP contribution in [0.25, 0.3) is 11.3 Å². The Kier molecular flexibility index (Phi) is 5.30. The van der Waals surface area contributed by atoms with Gasteiger partial charge in [0.15, 0.2) is 11.5 Å². The molecule has 30 heavy (non-hydrogen) atoms. The molecule has 0 aliphatic rings. The van der Waals surface area contributed by atoms with Crippen molar-refractivity contribution in [3.05, 3.63) is 76.5 Å². The van der Waals surface area contributed by atoms with Crippen molar-refractivity contribution in [3.63, 3.8) is 0 Å². The average molecular weight is 423 g/mol. The van der Waals surface area contributed by atoms with Gasteiger partial charge in [0.2, 0.25) is 0 Å². The zero-order chi connectivity index (χ0) is 21.4. The third kappa shape index (κ3) is 3.57. The minimum atomic E-state index is -0.274. The van der Waals surface area contributed by atoms with Gasteiger partial charge in [0.05, 0.1) is 28.1 Å². The molecule has 0 saturated carbocycles. The third-order valence-corrected chi connectivity index (χ3v) is 5.70. The predicted molar refractivity (Wildman–Crippen MR) is 116 cm³/mol. The van der Waals surface area contributed by atoms with E-state index in [0.717, 1.165) is 22.7 Å². The number of nitrogens with zero attached hydrogens (tertiary/aromatic N) is 5. The number of nitrogens with one attached hydrogen (secondary N) is 1. The molecule has 3 heterocycles. The smallest absolute Gasteiger partial charge is 0.251 e. The quantitative estimate of drug-likeness (QED) is 0.519. The molecule has 154 valence electrons. The number of amides is 1. The number of fused-ring (bicyclic) bond motifs is 1. The van der Waals surface area contributed by atoms with E-state index in [1.807, 2.05) is 68.6 Å². The maximum absolute atomic E-state index is 13.0. The number of aromatic nitrogens is 5. The van der Waals surface area contributed by atoms with E-state index in [4.69, 9.17) is 11.6 Å². The zero-order valence-electron chi connectivity index (χ0n) is 17.3. The Morgan fingerprint density at radius 1 is 1.07 bits per heavy atom. The molecule has 0 radical (unpaired) electrons. The molecular weight excluding hydrogens is 400 g/mol. The highest BCUT2D eigenvalue weighted by Crippen LogP contribution is 2.24. The Balaban J connectivity index is 1.58. The lowest BCUT2D eigenvalue weighted by molar-refractivity contribution is 0.0923. The first-order valence-electron chi connectivity index (χ1n) is 9.79. The van der Waals surface area contributed by atoms with Gasteiger partial charge in [0.25, 0.3) is 5.91 Å². The molecule has 7 nitrogen and oxygen atoms in total. The Hall–Kier alpha value is -3.19. The summed E-state index contributed by atoms with van der Waals surface area (Å²) in [6.45, 7) is 7.88. The SMILES string of the molecule is Cc1nn(-c2ccc(C(=O)N[C@H](c3nnc4ccccn34)C(C)C)cc2)c(C)c1Cl. The summed E-state index contributed by atoms with van der Waals surface area (Å²) in [6, 6.07) is 12.7. The number of carbonyl (C=O) groups excluding carboxylic acids is 1. The minimum Gasteiger partial charge on any atom is -0.342 e. The molecule has 4 aromatic rings. The third-order valence-electron chi connectivity index (χ3n) is 5.15. The fourth-order valence-corrected chi connectivity index (χ4v) is 3.57. The van der Waals surface area contributed by atoms with Crippen molar-refractivity contribution in [2.24, 2.45) is 5.92 Å². The topological polar surface area (TPSA) is 77.1 Å². The molecular formula is C22H23ClN6O. The molecule has 0 aliphatic heterocycles. The number of benzene rings is 1. The molecule has 1 N–H and O–H groups in total. The van der Waals surface area contributed by atoms with Crippen LogP contribution in [0.15, 0.2) is 48.7 Å². The van der Waals surface area contributed by atoms with Crippen molar-refractivity contribution in [3.8, 4) is 5.69 Å². The number of halogens is 1. The van der Waals surface area contributed by atoms with Crippen LogP contribution in [-0.4, -0.2) is 30.3 Å². The van der Waals surface area contributed by atoms with Crippen LogP contribution in [0.1, 0.15) is 47.5 Å². The second kappa shape index (κ2) is 7.91. The highest BCUT2D eigenvalue weighted by molar-refractivity contribution is 6.31. The van der Waals surface area contributed by atoms with Gasteiger partial charge >= 0.3 is 0 Å². The Labute approximate surface area is 179 Å². The summed E-state index contributed by atoms with van der Waals surface area (Å²) in [6.07, 6.45) is 1.90. The first-order chi connectivity index (χ1) is 14.4. The van der Waals surface area contributed by atoms with E-state index < -0.39 is 0 Å². The molecule has 3 aromatic heterocycles. The van der Waals surface area contributed by atoms with Gasteiger partial charge in [-0.2, -0.15) is 5.10 Å². The van der Waals surface area contributed by atoms with Crippen molar-refractivity contribution in [2.45, 2.75) is 33.7 Å². The highest BCUT2D eigenvalue weighted by Gasteiger charge is 2.24. The molecule has 0 spiro atoms. The molecule has 1 aromatic carbocycles. The second-order valence-corrected chi connectivity index (χ2v) is 8.00. The molecule has 1 atom stereocenters. The van der Waals surface area contributed by atoms with E-state index in [0.29, 0.717) is 16.4 Å². The summed E-state index contributed by atoms with van der Waals surface area (Å²) in [7, 11) is 0. The Morgan fingerprint density at radius 2 is 1.80 bits per heavy atom. The lowest BCUT2D eigenvalue weighted by atomic mass is 10.0. The summed E-state index contributed by atoms with van der Waals surface area (Å²) in [5.74, 6) is 0.680. The highest BCUT2D eigenvalue weighted by atomic mass is 35.5. The largest absolute Gasteiger partial charge is 0.342 e. The fraction of sp³-hybridized carbons (Fsp3) is 0.273. The summed E-state index contributed by atoms with van der Waals surface area (Å²) >= 11 is 6.25. The van der Waals surface area contributed by atoms with Crippen molar-refractivity contribution in [2.75, 3.05) is 0 Å². The lowest BCUT2D eigenvalue weighted by Gasteiger charge is -2.21. The number of rotatable bonds is 5. The van der Waals surface area contributed by atoms with Gasteiger partial charge in [0.1, 0.15) is 0 Å². The van der Waals surface area contributed by atoms with Gasteiger partial charge in [-0.05, 0) is 56.2 Å². The number of hydrogen-bond acceptors (Lipinski definition) is 4. The van der Waals surface area contributed by atoms with E-state index in [9.17, 15) is 4.79 Å². The van der Waals surface area contributed by atoms with Crippen LogP contribution in [0.3, 0.4) is 0 Å². The lowest BCUT2D eigenvalue weighted by Crippen LogP contribution is -2.33. The number of hydrogen-bond donors (Lipinski definition) is 1. The number of pyridine rings is 1. The maximum atomic E-state index is 13.0. The van der Waals surface area contributed by atoms with Gasteiger partial charge in [0, 0.05) is 11.8 Å². The van der Waals surface area contributed by atoms with Gasteiger partial charge in [-0.3, -0.25) is 9.20 Å². The molecule has 4 rings (SSSR count). The molecule has 0 saturated heterocycles. The molecule has 8 heteroatoms. The van der Waals surface area contributed by atoms with E-state index in [1.54, 1.807) is 16.8 Å². The van der Waals surface area contributed by atoms with Gasteiger partial charge in [-0.25, -0.2) is 4.68 Å². The van der Waals surface area contributed by atoms with Gasteiger partial charge in [-0.15, -0.1) is 10.2 Å². The predicted octanol–water partition coefficient (Wildman–Crippen LogP) is 4.31. The number of aryl methyl sites for hydroxylation is 1. The van der Waals surface area contributed by atoms with Crippen LogP contribution in [0, 0.1) is 19.8 Å². The van der Waals surface area contributed by atoms with Crippen molar-refractivity contribution in [1.29, 1.82) is 0 Å². The van der Waals surface area contributed by atoms with E-state index in [-0.39, 0.29) is 17.9 Å². The Bertz CT molecular complexity index is 1210. The van der Waals surface area contributed by atoms with Gasteiger partial charge in [-0.1, -0.05) is 31.5 Å². The summed E-state index contributed by atoms with van der Waals surface area (Å²) in [5, 5.41) is 16.7. The second-order valence-electron chi connectivity index (χ2n) is 7.63. The molecule has 0 aliphatic carbocycles. The van der Waals surface area contributed by atoms with Gasteiger partial charge < -0.3 is 5.32 Å². The fourth-order valence-electron chi connectivity index (χ4n) is 3.45. The van der Waals surface area contributed by atoms with Crippen LogP contribution >= 0.6 is 11.6 Å². The maximum Gasteiger partial charge on any atom is 0.251 e. The van der Waals surface area contributed by atoms with E-state index in [2.05, 4.69) is 20.6 Å². The number of carbonyl (C=O) groups is 1. The summed E-state index contributed by atoms with van der Waals surface area (Å²) < 4.78 is 3.68. The summed E-state index contributed by atoms with van der Waals surface area (Å²) in [5.41, 5.74) is 3.80. The van der Waals surface area contributed by atoms with Crippen LogP contribution in [0.5, 0.6) is 0 Å². The van der Waals surface area contributed by atoms with Crippen LogP contribution in [0.4, 0.5) is 0 Å². The molecule has 0 fully saturated rings. The molecule has 0 unspecified atom stereocenters. The molecule has 0 bridgehead atoms.